The van der Waals surface area contributed by atoms with E-state index in [-0.39, 0.29) is 17.2 Å². The molecule has 0 bridgehead atoms. The highest BCUT2D eigenvalue weighted by Crippen LogP contribution is 2.32. The number of nitrogens with zero attached hydrogens (tertiary/aromatic N) is 1. The molecule has 2 rings (SSSR count). The standard InChI is InChI=1S/C13H9ClF3N3O/c14-7-1-3-8(4-2-7)21-12-9(11(18)19)5-6-10(20-12)13(15,16)17/h1-6H,(H3,18,19). The Bertz CT molecular complexity index is 671. The van der Waals surface area contributed by atoms with Crippen LogP contribution in [0.1, 0.15) is 11.3 Å². The molecule has 0 aliphatic rings. The molecule has 0 fully saturated rings. The summed E-state index contributed by atoms with van der Waals surface area (Å²) in [6.45, 7) is 0. The van der Waals surface area contributed by atoms with Crippen LogP contribution < -0.4 is 10.5 Å². The summed E-state index contributed by atoms with van der Waals surface area (Å²) in [7, 11) is 0. The topological polar surface area (TPSA) is 72.0 Å². The van der Waals surface area contributed by atoms with Gasteiger partial charge in [0, 0.05) is 5.02 Å². The van der Waals surface area contributed by atoms with Crippen molar-refractivity contribution in [1.82, 2.24) is 4.98 Å². The third-order valence-electron chi connectivity index (χ3n) is 2.47. The van der Waals surface area contributed by atoms with Gasteiger partial charge in [-0.25, -0.2) is 4.98 Å². The summed E-state index contributed by atoms with van der Waals surface area (Å²) in [5.74, 6) is -0.603. The molecule has 0 spiro atoms. The van der Waals surface area contributed by atoms with Crippen LogP contribution in [0.5, 0.6) is 11.6 Å². The molecule has 0 amide bonds. The first-order valence-electron chi connectivity index (χ1n) is 5.63. The Morgan fingerprint density at radius 1 is 1.14 bits per heavy atom. The first kappa shape index (κ1) is 15.1. The molecule has 1 aromatic carbocycles. The molecular weight excluding hydrogens is 307 g/mol. The normalized spacial score (nSPS) is 11.2. The van der Waals surface area contributed by atoms with Crippen molar-refractivity contribution in [3.8, 4) is 11.6 Å². The smallest absolute Gasteiger partial charge is 0.433 e. The van der Waals surface area contributed by atoms with E-state index in [9.17, 15) is 13.2 Å². The summed E-state index contributed by atoms with van der Waals surface area (Å²) in [5, 5.41) is 7.81. The summed E-state index contributed by atoms with van der Waals surface area (Å²) in [6.07, 6.45) is -4.62. The molecular formula is C13H9ClF3N3O. The maximum atomic E-state index is 12.7. The third-order valence-corrected chi connectivity index (χ3v) is 2.72. The fourth-order valence-corrected chi connectivity index (χ4v) is 1.62. The van der Waals surface area contributed by atoms with Gasteiger partial charge in [-0.15, -0.1) is 0 Å². The Hall–Kier alpha value is -2.28. The van der Waals surface area contributed by atoms with Crippen molar-refractivity contribution in [3.05, 3.63) is 52.7 Å². The first-order chi connectivity index (χ1) is 9.77. The average molecular weight is 316 g/mol. The molecule has 21 heavy (non-hydrogen) atoms. The van der Waals surface area contributed by atoms with Crippen molar-refractivity contribution in [2.45, 2.75) is 6.18 Å². The molecule has 4 nitrogen and oxygen atoms in total. The Labute approximate surface area is 122 Å². The molecule has 0 saturated heterocycles. The predicted molar refractivity (Wildman–Crippen MR) is 71.8 cm³/mol. The van der Waals surface area contributed by atoms with E-state index in [2.05, 4.69) is 4.98 Å². The van der Waals surface area contributed by atoms with E-state index in [1.54, 1.807) is 0 Å². The molecule has 3 N–H and O–H groups in total. The quantitative estimate of drug-likeness (QED) is 0.668. The van der Waals surface area contributed by atoms with Crippen molar-refractivity contribution in [2.75, 3.05) is 0 Å². The minimum atomic E-state index is -4.62. The van der Waals surface area contributed by atoms with Gasteiger partial charge >= 0.3 is 6.18 Å². The number of hydrogen-bond donors (Lipinski definition) is 2. The summed E-state index contributed by atoms with van der Waals surface area (Å²) in [4.78, 5) is 3.38. The lowest BCUT2D eigenvalue weighted by molar-refractivity contribution is -0.141. The molecule has 0 saturated carbocycles. The van der Waals surface area contributed by atoms with Crippen LogP contribution in [-0.4, -0.2) is 10.8 Å². The van der Waals surface area contributed by atoms with Crippen LogP contribution in [0, 0.1) is 5.41 Å². The number of nitrogens with two attached hydrogens (primary N) is 1. The van der Waals surface area contributed by atoms with E-state index >= 15 is 0 Å². The van der Waals surface area contributed by atoms with Crippen molar-refractivity contribution in [1.29, 1.82) is 5.41 Å². The Morgan fingerprint density at radius 2 is 1.76 bits per heavy atom. The number of alkyl halides is 3. The number of aromatic nitrogens is 1. The minimum Gasteiger partial charge on any atom is -0.438 e. The number of nitrogen functional groups attached to an aromatic ring is 1. The largest absolute Gasteiger partial charge is 0.438 e. The van der Waals surface area contributed by atoms with Crippen molar-refractivity contribution < 1.29 is 17.9 Å². The fraction of sp³-hybridized carbons (Fsp3) is 0.0769. The zero-order valence-corrected chi connectivity index (χ0v) is 11.2. The number of ether oxygens (including phenoxy) is 1. The van der Waals surface area contributed by atoms with Gasteiger partial charge in [-0.3, -0.25) is 5.41 Å². The van der Waals surface area contributed by atoms with Crippen molar-refractivity contribution >= 4 is 17.4 Å². The van der Waals surface area contributed by atoms with E-state index in [1.165, 1.54) is 24.3 Å². The molecule has 0 radical (unpaired) electrons. The Balaban J connectivity index is 2.43. The second-order valence-electron chi connectivity index (χ2n) is 4.02. The van der Waals surface area contributed by atoms with Crippen LogP contribution in [0.15, 0.2) is 36.4 Å². The maximum absolute atomic E-state index is 12.7. The zero-order valence-electron chi connectivity index (χ0n) is 10.4. The number of rotatable bonds is 3. The lowest BCUT2D eigenvalue weighted by Gasteiger charge is -2.12. The molecule has 8 heteroatoms. The number of benzene rings is 1. The van der Waals surface area contributed by atoms with Gasteiger partial charge in [0.2, 0.25) is 5.88 Å². The summed E-state index contributed by atoms with van der Waals surface area (Å²) < 4.78 is 43.3. The second kappa shape index (κ2) is 5.61. The summed E-state index contributed by atoms with van der Waals surface area (Å²) in [5.41, 5.74) is 4.15. The number of pyridine rings is 1. The van der Waals surface area contributed by atoms with Gasteiger partial charge in [-0.2, -0.15) is 13.2 Å². The fourth-order valence-electron chi connectivity index (χ4n) is 1.50. The second-order valence-corrected chi connectivity index (χ2v) is 4.45. The molecule has 1 aromatic heterocycles. The lowest BCUT2D eigenvalue weighted by Crippen LogP contribution is -2.16. The van der Waals surface area contributed by atoms with Crippen LogP contribution in [-0.2, 0) is 6.18 Å². The Morgan fingerprint density at radius 3 is 2.29 bits per heavy atom. The van der Waals surface area contributed by atoms with Crippen LogP contribution in [0.3, 0.4) is 0 Å². The predicted octanol–water partition coefficient (Wildman–Crippen LogP) is 3.83. The molecule has 0 atom stereocenters. The molecule has 110 valence electrons. The van der Waals surface area contributed by atoms with E-state index < -0.39 is 17.7 Å². The monoisotopic (exact) mass is 315 g/mol. The molecule has 1 heterocycles. The number of halogens is 4. The minimum absolute atomic E-state index is 0.0297. The summed E-state index contributed by atoms with van der Waals surface area (Å²) >= 11 is 5.71. The van der Waals surface area contributed by atoms with E-state index in [1.807, 2.05) is 0 Å². The van der Waals surface area contributed by atoms with Crippen LogP contribution in [0.25, 0.3) is 0 Å². The van der Waals surface area contributed by atoms with Crippen LogP contribution in [0.2, 0.25) is 5.02 Å². The number of hydrogen-bond acceptors (Lipinski definition) is 3. The molecule has 2 aromatic rings. The molecule has 0 unspecified atom stereocenters. The number of amidine groups is 1. The van der Waals surface area contributed by atoms with Gasteiger partial charge in [-0.1, -0.05) is 11.6 Å². The van der Waals surface area contributed by atoms with Gasteiger partial charge in [-0.05, 0) is 36.4 Å². The van der Waals surface area contributed by atoms with Gasteiger partial charge < -0.3 is 10.5 Å². The van der Waals surface area contributed by atoms with Crippen LogP contribution in [0.4, 0.5) is 13.2 Å². The van der Waals surface area contributed by atoms with E-state index in [0.717, 1.165) is 12.1 Å². The average Bonchev–Trinajstić information content (AvgIpc) is 2.40. The van der Waals surface area contributed by atoms with Gasteiger partial charge in [0.05, 0.1) is 5.56 Å². The summed E-state index contributed by atoms with van der Waals surface area (Å²) in [6, 6.07) is 7.74. The van der Waals surface area contributed by atoms with Gasteiger partial charge in [0.15, 0.2) is 0 Å². The Kier molecular flexibility index (Phi) is 4.04. The first-order valence-corrected chi connectivity index (χ1v) is 6.01. The highest BCUT2D eigenvalue weighted by atomic mass is 35.5. The van der Waals surface area contributed by atoms with Gasteiger partial charge in [0.25, 0.3) is 0 Å². The van der Waals surface area contributed by atoms with Crippen molar-refractivity contribution in [2.24, 2.45) is 5.73 Å². The van der Waals surface area contributed by atoms with E-state index in [4.69, 9.17) is 27.5 Å². The van der Waals surface area contributed by atoms with Gasteiger partial charge in [0.1, 0.15) is 17.3 Å². The third kappa shape index (κ3) is 3.63. The van der Waals surface area contributed by atoms with E-state index in [0.29, 0.717) is 5.02 Å². The lowest BCUT2D eigenvalue weighted by atomic mass is 10.2. The molecule has 0 aliphatic carbocycles. The highest BCUT2D eigenvalue weighted by Gasteiger charge is 2.33. The zero-order chi connectivity index (χ0) is 15.6. The molecule has 0 aliphatic heterocycles. The number of nitrogens with one attached hydrogen (secondary N) is 1. The van der Waals surface area contributed by atoms with Crippen molar-refractivity contribution in [3.63, 3.8) is 0 Å². The highest BCUT2D eigenvalue weighted by molar-refractivity contribution is 6.30. The van der Waals surface area contributed by atoms with Crippen LogP contribution >= 0.6 is 11.6 Å². The SMILES string of the molecule is N=C(N)c1ccc(C(F)(F)F)nc1Oc1ccc(Cl)cc1. The maximum Gasteiger partial charge on any atom is 0.433 e.